The molecule has 2 atom stereocenters. The summed E-state index contributed by atoms with van der Waals surface area (Å²) in [7, 11) is 0. The van der Waals surface area contributed by atoms with Gasteiger partial charge >= 0.3 is 0 Å². The van der Waals surface area contributed by atoms with Crippen LogP contribution < -0.4 is 9.47 Å². The van der Waals surface area contributed by atoms with Crippen LogP contribution in [0, 0.1) is 0 Å². The van der Waals surface area contributed by atoms with E-state index in [0.717, 1.165) is 17.7 Å². The number of furan rings is 1. The van der Waals surface area contributed by atoms with Crippen molar-refractivity contribution in [1.82, 2.24) is 4.90 Å². The molecule has 7 heteroatoms. The summed E-state index contributed by atoms with van der Waals surface area (Å²) in [5.74, 6) is 0.313. The summed E-state index contributed by atoms with van der Waals surface area (Å²) in [6.07, 6.45) is 3.13. The van der Waals surface area contributed by atoms with E-state index in [1.807, 2.05) is 44.2 Å². The van der Waals surface area contributed by atoms with Gasteiger partial charge in [0.1, 0.15) is 29.1 Å². The van der Waals surface area contributed by atoms with E-state index in [9.17, 15) is 14.7 Å². The molecule has 2 aromatic carbocycles. The molecule has 3 aromatic rings. The predicted molar refractivity (Wildman–Crippen MR) is 129 cm³/mol. The Hall–Kier alpha value is -4.00. The molecule has 1 N–H and O–H groups in total. The third-order valence-electron chi connectivity index (χ3n) is 6.26. The smallest absolute Gasteiger partial charge is 0.296 e. The molecular weight excluding hydrogens is 446 g/mol. The number of nitrogens with zero attached hydrogens (tertiary/aromatic N) is 1. The van der Waals surface area contributed by atoms with Crippen LogP contribution in [0.4, 0.5) is 0 Å². The average Bonchev–Trinajstić information content (AvgIpc) is 3.56. The molecule has 1 aromatic heterocycles. The number of hydrogen-bond acceptors (Lipinski definition) is 6. The number of ketones is 1. The number of amides is 1. The lowest BCUT2D eigenvalue weighted by molar-refractivity contribution is -0.140. The number of carbonyl (C=O) groups excluding carboxylic acids is 2. The van der Waals surface area contributed by atoms with Crippen molar-refractivity contribution in [3.05, 3.63) is 88.9 Å². The zero-order valence-electron chi connectivity index (χ0n) is 19.7. The molecule has 0 saturated carbocycles. The zero-order chi connectivity index (χ0) is 24.5. The monoisotopic (exact) mass is 473 g/mol. The molecule has 1 amide bonds. The summed E-state index contributed by atoms with van der Waals surface area (Å²) in [5, 5.41) is 11.4. The van der Waals surface area contributed by atoms with E-state index in [1.54, 1.807) is 24.3 Å². The lowest BCUT2D eigenvalue weighted by Gasteiger charge is -2.25. The number of likely N-dealkylation sites (tertiary alicyclic amines) is 1. The number of aliphatic hydroxyl groups is 1. The van der Waals surface area contributed by atoms with Crippen LogP contribution in [-0.4, -0.2) is 34.4 Å². The largest absolute Gasteiger partial charge is 0.507 e. The van der Waals surface area contributed by atoms with Gasteiger partial charge in [-0.1, -0.05) is 19.1 Å². The second-order valence-corrected chi connectivity index (χ2v) is 8.88. The first-order chi connectivity index (χ1) is 17.0. The second-order valence-electron chi connectivity index (χ2n) is 8.88. The highest BCUT2D eigenvalue weighted by atomic mass is 16.5. The Morgan fingerprint density at radius 3 is 2.77 bits per heavy atom. The molecule has 0 unspecified atom stereocenters. The number of rotatable bonds is 7. The summed E-state index contributed by atoms with van der Waals surface area (Å²) in [4.78, 5) is 27.9. The third kappa shape index (κ3) is 4.30. The number of benzene rings is 2. The Labute approximate surface area is 203 Å². The number of fused-ring (bicyclic) bond motifs is 1. The highest BCUT2D eigenvalue weighted by Crippen LogP contribution is 2.42. The first-order valence-corrected chi connectivity index (χ1v) is 11.8. The van der Waals surface area contributed by atoms with Gasteiger partial charge in [-0.05, 0) is 66.9 Å². The highest BCUT2D eigenvalue weighted by Gasteiger charge is 2.46. The van der Waals surface area contributed by atoms with Gasteiger partial charge in [0, 0.05) is 12.0 Å². The van der Waals surface area contributed by atoms with Gasteiger partial charge in [-0.25, -0.2) is 0 Å². The maximum atomic E-state index is 13.3. The van der Waals surface area contributed by atoms with E-state index in [4.69, 9.17) is 13.9 Å². The molecule has 0 bridgehead atoms. The summed E-state index contributed by atoms with van der Waals surface area (Å²) in [6.45, 7) is 4.64. The summed E-state index contributed by atoms with van der Waals surface area (Å²) >= 11 is 0. The van der Waals surface area contributed by atoms with Crippen LogP contribution in [0.5, 0.6) is 11.5 Å². The fourth-order valence-corrected chi connectivity index (χ4v) is 4.68. The number of ether oxygens (including phenoxy) is 2. The van der Waals surface area contributed by atoms with E-state index in [2.05, 4.69) is 0 Å². The van der Waals surface area contributed by atoms with E-state index in [0.29, 0.717) is 35.7 Å². The van der Waals surface area contributed by atoms with Crippen LogP contribution in [0.25, 0.3) is 5.76 Å². The Morgan fingerprint density at radius 1 is 1.14 bits per heavy atom. The molecule has 2 aliphatic heterocycles. The zero-order valence-corrected chi connectivity index (χ0v) is 19.7. The lowest BCUT2D eigenvalue weighted by Crippen LogP contribution is -2.29. The molecule has 0 aliphatic carbocycles. The number of aliphatic hydroxyl groups excluding tert-OH is 1. The van der Waals surface area contributed by atoms with Crippen molar-refractivity contribution in [3.63, 3.8) is 0 Å². The quantitative estimate of drug-likeness (QED) is 0.295. The number of carbonyl (C=O) groups is 2. The SMILES string of the molecule is CCCOc1cccc([C@@H]2/C(=C(\O)c3ccc4c(c3)C[C@H](C)O4)C(=O)C(=O)N2Cc2ccco2)c1. The Bertz CT molecular complexity index is 1290. The van der Waals surface area contributed by atoms with Crippen LogP contribution in [0.1, 0.15) is 48.8 Å². The van der Waals surface area contributed by atoms with Crippen LogP contribution in [0.3, 0.4) is 0 Å². The molecule has 35 heavy (non-hydrogen) atoms. The Balaban J connectivity index is 1.61. The van der Waals surface area contributed by atoms with Gasteiger partial charge in [-0.15, -0.1) is 0 Å². The molecule has 3 heterocycles. The first kappa shape index (κ1) is 22.8. The minimum absolute atomic E-state index is 0.0427. The molecule has 1 fully saturated rings. The van der Waals surface area contributed by atoms with E-state index in [-0.39, 0.29) is 24.0 Å². The fourth-order valence-electron chi connectivity index (χ4n) is 4.68. The molecule has 7 nitrogen and oxygen atoms in total. The van der Waals surface area contributed by atoms with Gasteiger partial charge in [-0.3, -0.25) is 9.59 Å². The topological polar surface area (TPSA) is 89.2 Å². The minimum Gasteiger partial charge on any atom is -0.507 e. The molecule has 180 valence electrons. The van der Waals surface area contributed by atoms with Gasteiger partial charge < -0.3 is 23.9 Å². The number of Topliss-reactive ketones (excluding diaryl/α,β-unsaturated/α-hetero) is 1. The van der Waals surface area contributed by atoms with Gasteiger partial charge in [0.05, 0.1) is 31.0 Å². The average molecular weight is 474 g/mol. The van der Waals surface area contributed by atoms with Gasteiger partial charge in [0.2, 0.25) is 0 Å². The van der Waals surface area contributed by atoms with Crippen LogP contribution >= 0.6 is 0 Å². The van der Waals surface area contributed by atoms with Crippen molar-refractivity contribution in [1.29, 1.82) is 0 Å². The molecule has 2 aliphatic rings. The molecule has 0 radical (unpaired) electrons. The van der Waals surface area contributed by atoms with Crippen molar-refractivity contribution in [3.8, 4) is 11.5 Å². The third-order valence-corrected chi connectivity index (χ3v) is 6.26. The Morgan fingerprint density at radius 2 is 2.00 bits per heavy atom. The van der Waals surface area contributed by atoms with Gasteiger partial charge in [0.15, 0.2) is 0 Å². The van der Waals surface area contributed by atoms with Crippen molar-refractivity contribution < 1.29 is 28.6 Å². The van der Waals surface area contributed by atoms with Crippen molar-refractivity contribution in [2.75, 3.05) is 6.61 Å². The predicted octanol–water partition coefficient (Wildman–Crippen LogP) is 5.01. The maximum Gasteiger partial charge on any atom is 0.296 e. The lowest BCUT2D eigenvalue weighted by atomic mass is 9.94. The molecule has 0 spiro atoms. The Kier molecular flexibility index (Phi) is 6.07. The number of hydrogen-bond donors (Lipinski definition) is 1. The molecular formula is C28H27NO6. The van der Waals surface area contributed by atoms with Crippen molar-refractivity contribution in [2.45, 2.75) is 45.4 Å². The standard InChI is InChI=1S/C28H27NO6/c1-3-11-33-21-7-4-6-18(15-21)25-24(27(31)28(32)29(25)16-22-8-5-12-34-22)26(30)19-9-10-23-20(14-19)13-17(2)35-23/h4-10,12,14-15,17,25,30H,3,11,13,16H2,1-2H3/b26-24+/t17-,25+/m0/s1. The van der Waals surface area contributed by atoms with Crippen molar-refractivity contribution in [2.24, 2.45) is 0 Å². The minimum atomic E-state index is -0.797. The maximum absolute atomic E-state index is 13.3. The van der Waals surface area contributed by atoms with Crippen molar-refractivity contribution >= 4 is 17.4 Å². The summed E-state index contributed by atoms with van der Waals surface area (Å²) in [6, 6.07) is 15.3. The van der Waals surface area contributed by atoms with Crippen LogP contribution in [-0.2, 0) is 22.6 Å². The normalized spacial score (nSPS) is 20.7. The summed E-state index contributed by atoms with van der Waals surface area (Å²) < 4.78 is 17.0. The molecule has 5 rings (SSSR count). The molecule has 1 saturated heterocycles. The second kappa shape index (κ2) is 9.33. The fraction of sp³-hybridized carbons (Fsp3) is 0.286. The van der Waals surface area contributed by atoms with E-state index in [1.165, 1.54) is 11.2 Å². The summed E-state index contributed by atoms with van der Waals surface area (Å²) in [5.41, 5.74) is 2.14. The highest BCUT2D eigenvalue weighted by molar-refractivity contribution is 6.46. The van der Waals surface area contributed by atoms with Gasteiger partial charge in [-0.2, -0.15) is 0 Å². The van der Waals surface area contributed by atoms with Crippen LogP contribution in [0.2, 0.25) is 0 Å². The first-order valence-electron chi connectivity index (χ1n) is 11.8. The van der Waals surface area contributed by atoms with E-state index >= 15 is 0 Å². The van der Waals surface area contributed by atoms with Crippen LogP contribution in [0.15, 0.2) is 70.9 Å². The van der Waals surface area contributed by atoms with E-state index < -0.39 is 17.7 Å². The van der Waals surface area contributed by atoms with Gasteiger partial charge in [0.25, 0.3) is 11.7 Å².